The van der Waals surface area contributed by atoms with Gasteiger partial charge >= 0.3 is 6.03 Å². The van der Waals surface area contributed by atoms with E-state index in [4.69, 9.17) is 0 Å². The van der Waals surface area contributed by atoms with Crippen LogP contribution >= 0.6 is 0 Å². The summed E-state index contributed by atoms with van der Waals surface area (Å²) in [5.74, 6) is -0.183. The van der Waals surface area contributed by atoms with Gasteiger partial charge < -0.3 is 15.3 Å². The molecule has 0 aromatic heterocycles. The number of amides is 2. The molecule has 1 aromatic carbocycles. The number of carbonyl (C=O) groups excluding carboxylic acids is 1. The number of nitrogens with one attached hydrogen (secondary N) is 1. The number of aliphatic hydroxyl groups is 1. The monoisotopic (exact) mass is 334 g/mol. The third-order valence-electron chi connectivity index (χ3n) is 6.07. The summed E-state index contributed by atoms with van der Waals surface area (Å²) in [4.78, 5) is 14.3. The Hall–Kier alpha value is -1.62. The minimum absolute atomic E-state index is 0.0261. The Morgan fingerprint density at radius 1 is 1.25 bits per heavy atom. The minimum atomic E-state index is -0.227. The van der Waals surface area contributed by atoms with E-state index >= 15 is 0 Å². The smallest absolute Gasteiger partial charge is 0.317 e. The van der Waals surface area contributed by atoms with Crippen molar-refractivity contribution in [3.63, 3.8) is 0 Å². The average molecular weight is 334 g/mol. The number of urea groups is 1. The van der Waals surface area contributed by atoms with E-state index in [0.29, 0.717) is 25.2 Å². The van der Waals surface area contributed by atoms with Gasteiger partial charge in [-0.25, -0.2) is 9.18 Å². The molecule has 4 nitrogen and oxygen atoms in total. The lowest BCUT2D eigenvalue weighted by molar-refractivity contribution is 0.0519. The van der Waals surface area contributed by atoms with Crippen molar-refractivity contribution in [2.24, 2.45) is 5.41 Å². The molecule has 1 saturated heterocycles. The Bertz CT molecular complexity index is 587. The van der Waals surface area contributed by atoms with Gasteiger partial charge in [-0.3, -0.25) is 0 Å². The third kappa shape index (κ3) is 3.27. The van der Waals surface area contributed by atoms with Gasteiger partial charge in [0, 0.05) is 31.7 Å². The first kappa shape index (κ1) is 17.2. The van der Waals surface area contributed by atoms with E-state index in [1.165, 1.54) is 6.07 Å². The van der Waals surface area contributed by atoms with Crippen LogP contribution in [0.2, 0.25) is 0 Å². The highest BCUT2D eigenvalue weighted by molar-refractivity contribution is 5.74. The van der Waals surface area contributed by atoms with Crippen LogP contribution in [0.4, 0.5) is 9.18 Å². The highest BCUT2D eigenvalue weighted by Gasteiger charge is 2.46. The first-order chi connectivity index (χ1) is 11.5. The van der Waals surface area contributed by atoms with Crippen LogP contribution < -0.4 is 5.32 Å². The van der Waals surface area contributed by atoms with Gasteiger partial charge in [0.25, 0.3) is 0 Å². The van der Waals surface area contributed by atoms with Gasteiger partial charge in [-0.1, -0.05) is 25.1 Å². The number of halogens is 1. The van der Waals surface area contributed by atoms with Crippen LogP contribution in [0, 0.1) is 11.2 Å². The van der Waals surface area contributed by atoms with Crippen LogP contribution in [0.1, 0.15) is 44.6 Å². The molecule has 132 valence electrons. The van der Waals surface area contributed by atoms with Crippen molar-refractivity contribution in [3.05, 3.63) is 35.6 Å². The lowest BCUT2D eigenvalue weighted by atomic mass is 9.77. The van der Waals surface area contributed by atoms with E-state index in [0.717, 1.165) is 32.1 Å². The quantitative estimate of drug-likeness (QED) is 0.869. The van der Waals surface area contributed by atoms with E-state index < -0.39 is 0 Å². The zero-order valence-corrected chi connectivity index (χ0v) is 14.4. The summed E-state index contributed by atoms with van der Waals surface area (Å²) in [6.45, 7) is 4.12. The number of carbonyl (C=O) groups is 1. The number of benzene rings is 1. The van der Waals surface area contributed by atoms with Crippen LogP contribution in [-0.4, -0.2) is 42.3 Å². The molecular weight excluding hydrogens is 307 g/mol. The summed E-state index contributed by atoms with van der Waals surface area (Å²) in [5.41, 5.74) is 0.464. The number of rotatable bonds is 5. The molecule has 1 heterocycles. The van der Waals surface area contributed by atoms with Gasteiger partial charge in [0.15, 0.2) is 0 Å². The topological polar surface area (TPSA) is 52.6 Å². The number of likely N-dealkylation sites (tertiary alicyclic amines) is 1. The van der Waals surface area contributed by atoms with Gasteiger partial charge in [-0.05, 0) is 49.1 Å². The maximum atomic E-state index is 14.0. The highest BCUT2D eigenvalue weighted by atomic mass is 19.1. The second kappa shape index (κ2) is 6.71. The van der Waals surface area contributed by atoms with Gasteiger partial charge in [-0.2, -0.15) is 0 Å². The number of piperidine rings is 1. The van der Waals surface area contributed by atoms with Crippen LogP contribution in [0.3, 0.4) is 0 Å². The van der Waals surface area contributed by atoms with E-state index in [9.17, 15) is 14.3 Å². The van der Waals surface area contributed by atoms with Crippen molar-refractivity contribution in [2.75, 3.05) is 26.2 Å². The predicted octanol–water partition coefficient (Wildman–Crippen LogP) is 3.05. The maximum Gasteiger partial charge on any atom is 0.317 e. The molecule has 1 aliphatic heterocycles. The van der Waals surface area contributed by atoms with Crippen molar-refractivity contribution >= 4 is 6.03 Å². The Labute approximate surface area is 143 Å². The fraction of sp³-hybridized carbons (Fsp3) is 0.632. The zero-order valence-electron chi connectivity index (χ0n) is 14.4. The zero-order chi connectivity index (χ0) is 17.2. The molecular formula is C19H27FN2O2. The largest absolute Gasteiger partial charge is 0.396 e. The number of hydrogen-bond donors (Lipinski definition) is 2. The summed E-state index contributed by atoms with van der Waals surface area (Å²) >= 11 is 0. The molecule has 3 rings (SSSR count). The summed E-state index contributed by atoms with van der Waals surface area (Å²) in [5, 5.41) is 12.6. The molecule has 2 fully saturated rings. The lowest BCUT2D eigenvalue weighted by Gasteiger charge is -2.40. The Morgan fingerprint density at radius 2 is 1.92 bits per heavy atom. The first-order valence-corrected chi connectivity index (χ1v) is 8.93. The van der Waals surface area contributed by atoms with Crippen molar-refractivity contribution in [3.8, 4) is 0 Å². The minimum Gasteiger partial charge on any atom is -0.396 e. The molecule has 24 heavy (non-hydrogen) atoms. The molecule has 1 aromatic rings. The number of aliphatic hydroxyl groups excluding tert-OH is 1. The average Bonchev–Trinajstić information content (AvgIpc) is 3.41. The van der Waals surface area contributed by atoms with Gasteiger partial charge in [0.2, 0.25) is 0 Å². The molecule has 0 bridgehead atoms. The summed E-state index contributed by atoms with van der Waals surface area (Å²) in [6.07, 6.45) is 4.45. The molecule has 0 radical (unpaired) electrons. The molecule has 2 N–H and O–H groups in total. The Kier molecular flexibility index (Phi) is 4.81. The SMILES string of the molecule is CCC1(CO)CCN(C(=O)NCC2(c3ccccc3F)CC2)CC1. The summed E-state index contributed by atoms with van der Waals surface area (Å²) in [6, 6.07) is 6.79. The highest BCUT2D eigenvalue weighted by Crippen LogP contribution is 2.48. The van der Waals surface area contributed by atoms with Crippen molar-refractivity contribution < 1.29 is 14.3 Å². The fourth-order valence-corrected chi connectivity index (χ4v) is 3.75. The lowest BCUT2D eigenvalue weighted by Crippen LogP contribution is -2.49. The molecule has 2 aliphatic rings. The molecule has 0 atom stereocenters. The molecule has 0 unspecified atom stereocenters. The van der Waals surface area contributed by atoms with E-state index in [1.54, 1.807) is 6.07 Å². The second-order valence-electron chi connectivity index (χ2n) is 7.42. The Balaban J connectivity index is 1.55. The predicted molar refractivity (Wildman–Crippen MR) is 91.3 cm³/mol. The van der Waals surface area contributed by atoms with Crippen LogP contribution in [0.5, 0.6) is 0 Å². The molecule has 0 spiro atoms. The fourth-order valence-electron chi connectivity index (χ4n) is 3.75. The third-order valence-corrected chi connectivity index (χ3v) is 6.07. The normalized spacial score (nSPS) is 21.4. The standard InChI is InChI=1S/C19H27FN2O2/c1-2-18(14-23)9-11-22(12-10-18)17(24)21-13-19(7-8-19)15-5-3-4-6-16(15)20/h3-6,23H,2,7-14H2,1H3,(H,21,24). The molecule has 1 aliphatic carbocycles. The van der Waals surface area contributed by atoms with Gasteiger partial charge in [0.05, 0.1) is 0 Å². The van der Waals surface area contributed by atoms with E-state index in [-0.39, 0.29) is 29.3 Å². The maximum absolute atomic E-state index is 14.0. The van der Waals surface area contributed by atoms with Crippen molar-refractivity contribution in [1.82, 2.24) is 10.2 Å². The van der Waals surface area contributed by atoms with E-state index in [2.05, 4.69) is 12.2 Å². The second-order valence-corrected chi connectivity index (χ2v) is 7.42. The number of hydrogen-bond acceptors (Lipinski definition) is 2. The van der Waals surface area contributed by atoms with Crippen molar-refractivity contribution in [1.29, 1.82) is 0 Å². The molecule has 1 saturated carbocycles. The summed E-state index contributed by atoms with van der Waals surface area (Å²) in [7, 11) is 0. The Morgan fingerprint density at radius 3 is 2.46 bits per heavy atom. The van der Waals surface area contributed by atoms with Crippen LogP contribution in [0.15, 0.2) is 24.3 Å². The summed E-state index contributed by atoms with van der Waals surface area (Å²) < 4.78 is 14.0. The van der Waals surface area contributed by atoms with Crippen LogP contribution in [-0.2, 0) is 5.41 Å². The number of nitrogens with zero attached hydrogens (tertiary/aromatic N) is 1. The molecule has 5 heteroatoms. The molecule has 2 amide bonds. The van der Waals surface area contributed by atoms with Gasteiger partial charge in [0.1, 0.15) is 5.82 Å². The van der Waals surface area contributed by atoms with Crippen LogP contribution in [0.25, 0.3) is 0 Å². The van der Waals surface area contributed by atoms with E-state index in [1.807, 2.05) is 17.0 Å². The van der Waals surface area contributed by atoms with Crippen molar-refractivity contribution in [2.45, 2.75) is 44.4 Å². The first-order valence-electron chi connectivity index (χ1n) is 8.93. The van der Waals surface area contributed by atoms with Gasteiger partial charge in [-0.15, -0.1) is 0 Å².